The van der Waals surface area contributed by atoms with E-state index in [1.807, 2.05) is 25.1 Å². The topological polar surface area (TPSA) is 102 Å². The van der Waals surface area contributed by atoms with Crippen molar-refractivity contribution in [3.05, 3.63) is 82.0 Å². The lowest BCUT2D eigenvalue weighted by Crippen LogP contribution is -2.49. The molecule has 36 heavy (non-hydrogen) atoms. The summed E-state index contributed by atoms with van der Waals surface area (Å²) in [7, 11) is 1.73. The number of aromatic nitrogens is 4. The lowest BCUT2D eigenvalue weighted by Gasteiger charge is -2.38. The molecule has 0 unspecified atom stereocenters. The standard InChI is InChI=1S/C27H29N5O4/c1-18-4-7-22(14-19(18)2)36-21-8-5-20(6-9-21)25(33)31-12-10-27(35,11-13-31)16-32-17-28-24-23(26(32)34)15-29-30(24)3/h4-9,14-15,17,35H,10-13,16H2,1-3H3. The summed E-state index contributed by atoms with van der Waals surface area (Å²) < 4.78 is 8.89. The molecule has 2 aromatic carbocycles. The van der Waals surface area contributed by atoms with E-state index in [1.165, 1.54) is 22.7 Å². The van der Waals surface area contributed by atoms with E-state index in [1.54, 1.807) is 40.9 Å². The van der Waals surface area contributed by atoms with Gasteiger partial charge in [0.15, 0.2) is 5.65 Å². The summed E-state index contributed by atoms with van der Waals surface area (Å²) in [4.78, 5) is 31.9. The van der Waals surface area contributed by atoms with E-state index < -0.39 is 5.60 Å². The lowest BCUT2D eigenvalue weighted by atomic mass is 9.91. The third-order valence-electron chi connectivity index (χ3n) is 6.98. The minimum atomic E-state index is -1.10. The number of carbonyl (C=O) groups excluding carboxylic acids is 1. The lowest BCUT2D eigenvalue weighted by molar-refractivity contribution is -0.0299. The highest BCUT2D eigenvalue weighted by Crippen LogP contribution is 2.27. The highest BCUT2D eigenvalue weighted by Gasteiger charge is 2.35. The first-order chi connectivity index (χ1) is 17.2. The van der Waals surface area contributed by atoms with Crippen LogP contribution < -0.4 is 10.3 Å². The number of carbonyl (C=O) groups is 1. The van der Waals surface area contributed by atoms with E-state index in [0.717, 1.165) is 11.3 Å². The van der Waals surface area contributed by atoms with Gasteiger partial charge in [-0.05, 0) is 74.2 Å². The Morgan fingerprint density at radius 2 is 1.75 bits per heavy atom. The van der Waals surface area contributed by atoms with Gasteiger partial charge in [0.25, 0.3) is 11.5 Å². The van der Waals surface area contributed by atoms with Crippen LogP contribution in [0.2, 0.25) is 0 Å². The molecule has 9 heteroatoms. The van der Waals surface area contributed by atoms with Crippen molar-refractivity contribution < 1.29 is 14.6 Å². The van der Waals surface area contributed by atoms with Crippen LogP contribution in [0.25, 0.3) is 11.0 Å². The van der Waals surface area contributed by atoms with E-state index in [0.29, 0.717) is 48.3 Å². The minimum Gasteiger partial charge on any atom is -0.457 e. The maximum absolute atomic E-state index is 13.1. The first kappa shape index (κ1) is 23.7. The quantitative estimate of drug-likeness (QED) is 0.464. The van der Waals surface area contributed by atoms with Gasteiger partial charge in [-0.1, -0.05) is 6.07 Å². The number of ether oxygens (including phenoxy) is 1. The predicted molar refractivity (Wildman–Crippen MR) is 135 cm³/mol. The molecular weight excluding hydrogens is 458 g/mol. The molecule has 5 rings (SSSR count). The average Bonchev–Trinajstić information content (AvgIpc) is 3.25. The number of aliphatic hydroxyl groups is 1. The molecule has 0 saturated carbocycles. The van der Waals surface area contributed by atoms with Gasteiger partial charge < -0.3 is 14.7 Å². The molecule has 4 aromatic rings. The average molecular weight is 488 g/mol. The molecule has 2 aromatic heterocycles. The first-order valence-electron chi connectivity index (χ1n) is 12.0. The van der Waals surface area contributed by atoms with Crippen molar-refractivity contribution in [1.82, 2.24) is 24.2 Å². The molecule has 0 bridgehead atoms. The molecule has 9 nitrogen and oxygen atoms in total. The van der Waals surface area contributed by atoms with Crippen LogP contribution in [0.3, 0.4) is 0 Å². The van der Waals surface area contributed by atoms with Gasteiger partial charge in [0, 0.05) is 25.7 Å². The minimum absolute atomic E-state index is 0.0922. The van der Waals surface area contributed by atoms with Gasteiger partial charge in [0.1, 0.15) is 23.2 Å². The van der Waals surface area contributed by atoms with Crippen molar-refractivity contribution in [2.75, 3.05) is 13.1 Å². The number of hydrogen-bond acceptors (Lipinski definition) is 6. The summed E-state index contributed by atoms with van der Waals surface area (Å²) in [5, 5.41) is 15.6. The van der Waals surface area contributed by atoms with E-state index in [9.17, 15) is 14.7 Å². The fraction of sp³-hybridized carbons (Fsp3) is 0.333. The number of benzene rings is 2. The van der Waals surface area contributed by atoms with Gasteiger partial charge in [0.2, 0.25) is 0 Å². The maximum Gasteiger partial charge on any atom is 0.264 e. The molecule has 1 amide bonds. The molecule has 1 saturated heterocycles. The fourth-order valence-electron chi connectivity index (χ4n) is 4.54. The highest BCUT2D eigenvalue weighted by molar-refractivity contribution is 5.94. The summed E-state index contributed by atoms with van der Waals surface area (Å²) in [6.07, 6.45) is 3.67. The van der Waals surface area contributed by atoms with Crippen LogP contribution in [0, 0.1) is 13.8 Å². The largest absolute Gasteiger partial charge is 0.457 e. The number of aryl methyl sites for hydroxylation is 3. The van der Waals surface area contributed by atoms with E-state index >= 15 is 0 Å². The number of hydrogen-bond donors (Lipinski definition) is 1. The second-order valence-electron chi connectivity index (χ2n) is 9.57. The van der Waals surface area contributed by atoms with Crippen LogP contribution in [0.4, 0.5) is 0 Å². The summed E-state index contributed by atoms with van der Waals surface area (Å²) in [6.45, 7) is 5.01. The Balaban J connectivity index is 1.21. The Hall–Kier alpha value is -3.98. The molecule has 0 spiro atoms. The molecule has 1 fully saturated rings. The zero-order valence-corrected chi connectivity index (χ0v) is 20.6. The smallest absolute Gasteiger partial charge is 0.264 e. The van der Waals surface area contributed by atoms with Gasteiger partial charge >= 0.3 is 0 Å². The number of nitrogens with zero attached hydrogens (tertiary/aromatic N) is 5. The first-order valence-corrected chi connectivity index (χ1v) is 12.0. The fourth-order valence-corrected chi connectivity index (χ4v) is 4.54. The van der Waals surface area contributed by atoms with E-state index in [4.69, 9.17) is 4.74 Å². The second-order valence-corrected chi connectivity index (χ2v) is 9.57. The van der Waals surface area contributed by atoms with Crippen LogP contribution >= 0.6 is 0 Å². The predicted octanol–water partition coefficient (Wildman–Crippen LogP) is 3.21. The molecule has 1 aliphatic heterocycles. The molecular formula is C27H29N5O4. The number of likely N-dealkylation sites (tertiary alicyclic amines) is 1. The Kier molecular flexibility index (Phi) is 6.09. The van der Waals surface area contributed by atoms with Crippen LogP contribution in [0.15, 0.2) is 59.8 Å². The van der Waals surface area contributed by atoms with Crippen molar-refractivity contribution in [3.63, 3.8) is 0 Å². The van der Waals surface area contributed by atoms with Gasteiger partial charge in [0.05, 0.1) is 18.3 Å². The van der Waals surface area contributed by atoms with Crippen LogP contribution in [0.5, 0.6) is 11.5 Å². The number of fused-ring (bicyclic) bond motifs is 1. The van der Waals surface area contributed by atoms with Gasteiger partial charge in [-0.3, -0.25) is 18.8 Å². The van der Waals surface area contributed by atoms with Crippen molar-refractivity contribution in [3.8, 4) is 11.5 Å². The second kappa shape index (κ2) is 9.23. The van der Waals surface area contributed by atoms with Gasteiger partial charge in [-0.15, -0.1) is 0 Å². The third kappa shape index (κ3) is 4.61. The zero-order chi connectivity index (χ0) is 25.4. The number of rotatable bonds is 5. The summed E-state index contributed by atoms with van der Waals surface area (Å²) in [5.41, 5.74) is 2.10. The highest BCUT2D eigenvalue weighted by atomic mass is 16.5. The normalized spacial score (nSPS) is 15.3. The van der Waals surface area contributed by atoms with Crippen molar-refractivity contribution in [2.24, 2.45) is 7.05 Å². The monoisotopic (exact) mass is 487 g/mol. The Labute approximate surface area is 208 Å². The van der Waals surface area contributed by atoms with E-state index in [2.05, 4.69) is 17.0 Å². The van der Waals surface area contributed by atoms with E-state index in [-0.39, 0.29) is 18.0 Å². The van der Waals surface area contributed by atoms with Crippen LogP contribution in [-0.4, -0.2) is 53.9 Å². The molecule has 186 valence electrons. The van der Waals surface area contributed by atoms with Crippen molar-refractivity contribution in [2.45, 2.75) is 38.8 Å². The molecule has 3 heterocycles. The Bertz CT molecular complexity index is 1480. The number of amides is 1. The van der Waals surface area contributed by atoms with Crippen molar-refractivity contribution in [1.29, 1.82) is 0 Å². The van der Waals surface area contributed by atoms with Crippen LogP contribution in [0.1, 0.15) is 34.3 Å². The van der Waals surface area contributed by atoms with Crippen LogP contribution in [-0.2, 0) is 13.6 Å². The molecule has 1 N–H and O–H groups in total. The Morgan fingerprint density at radius 3 is 2.44 bits per heavy atom. The SMILES string of the molecule is Cc1ccc(Oc2ccc(C(=O)N3CCC(O)(Cn4cnc5c(cnn5C)c4=O)CC3)cc2)cc1C. The molecule has 0 atom stereocenters. The summed E-state index contributed by atoms with van der Waals surface area (Å²) in [6, 6.07) is 13.0. The number of piperidine rings is 1. The molecule has 1 aliphatic rings. The maximum atomic E-state index is 13.1. The Morgan fingerprint density at radius 1 is 1.06 bits per heavy atom. The van der Waals surface area contributed by atoms with Gasteiger partial charge in [-0.25, -0.2) is 4.98 Å². The van der Waals surface area contributed by atoms with Gasteiger partial charge in [-0.2, -0.15) is 5.10 Å². The third-order valence-corrected chi connectivity index (χ3v) is 6.98. The van der Waals surface area contributed by atoms with Crippen molar-refractivity contribution >= 4 is 16.9 Å². The molecule has 0 radical (unpaired) electrons. The zero-order valence-electron chi connectivity index (χ0n) is 20.6. The molecule has 0 aliphatic carbocycles. The summed E-state index contributed by atoms with van der Waals surface area (Å²) in [5.74, 6) is 1.32. The summed E-state index contributed by atoms with van der Waals surface area (Å²) >= 11 is 0.